The van der Waals surface area contributed by atoms with E-state index in [1.807, 2.05) is 6.07 Å². The Labute approximate surface area is 108 Å². The molecule has 0 saturated heterocycles. The van der Waals surface area contributed by atoms with Crippen LogP contribution in [0.5, 0.6) is 0 Å². The van der Waals surface area contributed by atoms with Crippen LogP contribution in [0.25, 0.3) is 11.0 Å². The molecule has 0 aliphatic carbocycles. The maximum atomic E-state index is 5.99. The van der Waals surface area contributed by atoms with Gasteiger partial charge < -0.3 is 4.57 Å². The lowest BCUT2D eigenvalue weighted by Crippen LogP contribution is -2.11. The van der Waals surface area contributed by atoms with Crippen LogP contribution in [0.3, 0.4) is 0 Å². The summed E-state index contributed by atoms with van der Waals surface area (Å²) in [6.07, 6.45) is 2.40. The van der Waals surface area contributed by atoms with Crippen molar-refractivity contribution in [1.82, 2.24) is 9.55 Å². The van der Waals surface area contributed by atoms with Crippen molar-refractivity contribution in [3.63, 3.8) is 0 Å². The van der Waals surface area contributed by atoms with Crippen LogP contribution in [-0.4, -0.2) is 9.55 Å². The minimum Gasteiger partial charge on any atom is -0.327 e. The summed E-state index contributed by atoms with van der Waals surface area (Å²) in [5.41, 5.74) is 2.25. The number of aromatic nitrogens is 2. The third-order valence-corrected chi connectivity index (χ3v) is 3.69. The van der Waals surface area contributed by atoms with Gasteiger partial charge in [0.2, 0.25) is 0 Å². The van der Waals surface area contributed by atoms with Crippen molar-refractivity contribution in [2.24, 2.45) is 5.92 Å². The molecule has 0 N–H and O–H groups in total. The van der Waals surface area contributed by atoms with Gasteiger partial charge in [0.1, 0.15) is 5.82 Å². The van der Waals surface area contributed by atoms with Gasteiger partial charge in [0.25, 0.3) is 0 Å². The van der Waals surface area contributed by atoms with E-state index in [0.717, 1.165) is 17.9 Å². The van der Waals surface area contributed by atoms with E-state index in [0.29, 0.717) is 11.8 Å². The lowest BCUT2D eigenvalue weighted by Gasteiger charge is -2.15. The summed E-state index contributed by atoms with van der Waals surface area (Å²) in [7, 11) is 0. The van der Waals surface area contributed by atoms with Gasteiger partial charge in [0.05, 0.1) is 16.9 Å². The van der Waals surface area contributed by atoms with Gasteiger partial charge in [-0.2, -0.15) is 0 Å². The Hall–Kier alpha value is -1.02. The fourth-order valence-corrected chi connectivity index (χ4v) is 2.44. The van der Waals surface area contributed by atoms with Crippen molar-refractivity contribution < 1.29 is 0 Å². The molecule has 0 saturated carbocycles. The second-order valence-electron chi connectivity index (χ2n) is 4.44. The molecule has 0 fully saturated rings. The highest BCUT2D eigenvalue weighted by molar-refractivity contribution is 6.16. The largest absolute Gasteiger partial charge is 0.327 e. The highest BCUT2D eigenvalue weighted by Gasteiger charge is 2.12. The fraction of sp³-hybridized carbons (Fsp3) is 0.500. The lowest BCUT2D eigenvalue weighted by atomic mass is 10.0. The second-order valence-corrected chi connectivity index (χ2v) is 4.71. The maximum absolute atomic E-state index is 5.99. The molecule has 1 aromatic carbocycles. The van der Waals surface area contributed by atoms with Crippen LogP contribution in [0.2, 0.25) is 0 Å². The van der Waals surface area contributed by atoms with Crippen molar-refractivity contribution in [3.8, 4) is 0 Å². The molecule has 1 heterocycles. The van der Waals surface area contributed by atoms with E-state index in [9.17, 15) is 0 Å². The third-order valence-electron chi connectivity index (χ3n) is 3.45. The van der Waals surface area contributed by atoms with Crippen molar-refractivity contribution >= 4 is 22.6 Å². The van der Waals surface area contributed by atoms with Gasteiger partial charge in [0.15, 0.2) is 0 Å². The first-order chi connectivity index (χ1) is 8.30. The first kappa shape index (κ1) is 12.4. The Morgan fingerprint density at radius 1 is 1.24 bits per heavy atom. The zero-order valence-corrected chi connectivity index (χ0v) is 11.2. The number of para-hydroxylation sites is 2. The standard InChI is InChI=1S/C14H19ClN2/c1-3-11(4-2)10-17-13-8-6-5-7-12(13)16-14(17)9-15/h5-8,11H,3-4,9-10H2,1-2H3. The van der Waals surface area contributed by atoms with Gasteiger partial charge in [-0.15, -0.1) is 11.6 Å². The Bertz CT molecular complexity index is 486. The molecule has 1 aromatic heterocycles. The van der Waals surface area contributed by atoms with Gasteiger partial charge in [-0.25, -0.2) is 4.98 Å². The van der Waals surface area contributed by atoms with E-state index in [1.165, 1.54) is 18.4 Å². The number of fused-ring (bicyclic) bond motifs is 1. The number of benzene rings is 1. The van der Waals surface area contributed by atoms with E-state index < -0.39 is 0 Å². The molecule has 0 bridgehead atoms. The summed E-state index contributed by atoms with van der Waals surface area (Å²) in [6, 6.07) is 8.26. The Kier molecular flexibility index (Phi) is 4.06. The maximum Gasteiger partial charge on any atom is 0.124 e. The molecule has 3 heteroatoms. The Balaban J connectivity index is 2.42. The number of alkyl halides is 1. The third kappa shape index (κ3) is 2.47. The molecule has 92 valence electrons. The minimum absolute atomic E-state index is 0.481. The highest BCUT2D eigenvalue weighted by Crippen LogP contribution is 2.21. The molecule has 0 spiro atoms. The zero-order chi connectivity index (χ0) is 12.3. The molecule has 2 nitrogen and oxygen atoms in total. The van der Waals surface area contributed by atoms with Gasteiger partial charge in [-0.3, -0.25) is 0 Å². The first-order valence-electron chi connectivity index (χ1n) is 6.30. The number of halogens is 1. The van der Waals surface area contributed by atoms with Crippen molar-refractivity contribution in [2.45, 2.75) is 39.1 Å². The molecule has 2 rings (SSSR count). The average Bonchev–Trinajstić information content (AvgIpc) is 2.73. The Morgan fingerprint density at radius 2 is 1.94 bits per heavy atom. The normalized spacial score (nSPS) is 11.5. The number of hydrogen-bond acceptors (Lipinski definition) is 1. The summed E-state index contributed by atoms with van der Waals surface area (Å²) in [4.78, 5) is 4.58. The minimum atomic E-state index is 0.481. The van der Waals surface area contributed by atoms with Gasteiger partial charge >= 0.3 is 0 Å². The summed E-state index contributed by atoms with van der Waals surface area (Å²) < 4.78 is 2.28. The Morgan fingerprint density at radius 3 is 2.59 bits per heavy atom. The van der Waals surface area contributed by atoms with Crippen molar-refractivity contribution in [2.75, 3.05) is 0 Å². The van der Waals surface area contributed by atoms with Gasteiger partial charge in [0, 0.05) is 6.54 Å². The van der Waals surface area contributed by atoms with Crippen molar-refractivity contribution in [3.05, 3.63) is 30.1 Å². The lowest BCUT2D eigenvalue weighted by molar-refractivity contribution is 0.419. The van der Waals surface area contributed by atoms with E-state index in [-0.39, 0.29) is 0 Å². The van der Waals surface area contributed by atoms with Crippen LogP contribution in [0.1, 0.15) is 32.5 Å². The molecule has 17 heavy (non-hydrogen) atoms. The van der Waals surface area contributed by atoms with Crippen LogP contribution in [-0.2, 0) is 12.4 Å². The van der Waals surface area contributed by atoms with Gasteiger partial charge in [-0.05, 0) is 18.1 Å². The smallest absolute Gasteiger partial charge is 0.124 e. The summed E-state index contributed by atoms with van der Waals surface area (Å²) >= 11 is 5.99. The summed E-state index contributed by atoms with van der Waals surface area (Å²) in [5.74, 6) is 2.17. The van der Waals surface area contributed by atoms with Crippen LogP contribution in [0.15, 0.2) is 24.3 Å². The summed E-state index contributed by atoms with van der Waals surface area (Å²) in [5, 5.41) is 0. The predicted molar refractivity (Wildman–Crippen MR) is 73.4 cm³/mol. The van der Waals surface area contributed by atoms with E-state index >= 15 is 0 Å². The molecule has 0 aliphatic rings. The SMILES string of the molecule is CCC(CC)Cn1c(CCl)nc2ccccc21. The molecule has 0 unspecified atom stereocenters. The molecule has 0 radical (unpaired) electrons. The number of nitrogens with zero attached hydrogens (tertiary/aromatic N) is 2. The van der Waals surface area contributed by atoms with E-state index in [2.05, 4.69) is 41.6 Å². The number of hydrogen-bond donors (Lipinski definition) is 0. The second kappa shape index (κ2) is 5.54. The van der Waals surface area contributed by atoms with Gasteiger partial charge in [-0.1, -0.05) is 38.8 Å². The molecule has 0 aliphatic heterocycles. The molecule has 0 amide bonds. The average molecular weight is 251 g/mol. The molecule has 0 atom stereocenters. The number of rotatable bonds is 5. The topological polar surface area (TPSA) is 17.8 Å². The van der Waals surface area contributed by atoms with Crippen LogP contribution < -0.4 is 0 Å². The quantitative estimate of drug-likeness (QED) is 0.727. The molecular formula is C14H19ClN2. The summed E-state index contributed by atoms with van der Waals surface area (Å²) in [6.45, 7) is 5.51. The van der Waals surface area contributed by atoms with Crippen LogP contribution in [0, 0.1) is 5.92 Å². The predicted octanol–water partition coefficient (Wildman–Crippen LogP) is 4.21. The fourth-order valence-electron chi connectivity index (χ4n) is 2.24. The van der Waals surface area contributed by atoms with E-state index in [1.54, 1.807) is 0 Å². The van der Waals surface area contributed by atoms with Crippen molar-refractivity contribution in [1.29, 1.82) is 0 Å². The highest BCUT2D eigenvalue weighted by atomic mass is 35.5. The monoisotopic (exact) mass is 250 g/mol. The van der Waals surface area contributed by atoms with E-state index in [4.69, 9.17) is 11.6 Å². The number of imidazole rings is 1. The molecule has 2 aromatic rings. The van der Waals surface area contributed by atoms with Crippen LogP contribution >= 0.6 is 11.6 Å². The zero-order valence-electron chi connectivity index (χ0n) is 10.5. The molecular weight excluding hydrogens is 232 g/mol. The van der Waals surface area contributed by atoms with Crippen LogP contribution in [0.4, 0.5) is 0 Å². The first-order valence-corrected chi connectivity index (χ1v) is 6.83.